The van der Waals surface area contributed by atoms with Gasteiger partial charge in [-0.05, 0) is 64.6 Å². The average Bonchev–Trinajstić information content (AvgIpc) is 2.70. The Kier molecular flexibility index (Phi) is 10.2. The molecule has 0 fully saturated rings. The molecule has 0 unspecified atom stereocenters. The monoisotopic (exact) mass is 520 g/mol. The quantitative estimate of drug-likeness (QED) is 0.440. The summed E-state index contributed by atoms with van der Waals surface area (Å²) in [5.41, 5.74) is 0. The standard InChI is InChI=1S/C22H30Cl2N2O6S/c1-25(2)11-15(27)13-31-21-7-5-17(9-19(21)23)33(29,30)18-6-8-22(20(24)10-18)32-14-16(28)12-26(3)4/h5-10,15-16,27-28H,11-14H2,1-4H3/t15-,16+. The highest BCUT2D eigenvalue weighted by Crippen LogP contribution is 2.33. The maximum Gasteiger partial charge on any atom is 0.206 e. The SMILES string of the molecule is CN(C)C[C@H](O)COc1ccc(S(=O)(=O)c2ccc(OC[C@H](O)CN(C)C)c(Cl)c2)cc1Cl. The van der Waals surface area contributed by atoms with Gasteiger partial charge in [0.05, 0.1) is 19.8 Å². The summed E-state index contributed by atoms with van der Waals surface area (Å²) in [7, 11) is 3.41. The summed E-state index contributed by atoms with van der Waals surface area (Å²) >= 11 is 12.4. The van der Waals surface area contributed by atoms with Gasteiger partial charge in [0.15, 0.2) is 0 Å². The topological polar surface area (TPSA) is 99.5 Å². The van der Waals surface area contributed by atoms with Gasteiger partial charge in [-0.15, -0.1) is 0 Å². The summed E-state index contributed by atoms with van der Waals surface area (Å²) in [4.78, 5) is 3.58. The molecule has 11 heteroatoms. The van der Waals surface area contributed by atoms with Crippen LogP contribution in [-0.4, -0.2) is 95.1 Å². The molecule has 184 valence electrons. The summed E-state index contributed by atoms with van der Waals surface area (Å²) in [5.74, 6) is 0.540. The molecule has 2 aromatic carbocycles. The van der Waals surface area contributed by atoms with Crippen LogP contribution in [0.5, 0.6) is 11.5 Å². The molecule has 0 saturated carbocycles. The molecular formula is C22H30Cl2N2O6S. The van der Waals surface area contributed by atoms with E-state index in [9.17, 15) is 18.6 Å². The third kappa shape index (κ3) is 8.29. The highest BCUT2D eigenvalue weighted by Gasteiger charge is 2.21. The average molecular weight is 521 g/mol. The van der Waals surface area contributed by atoms with Gasteiger partial charge < -0.3 is 29.5 Å². The fourth-order valence-corrected chi connectivity index (χ4v) is 4.90. The van der Waals surface area contributed by atoms with Crippen molar-refractivity contribution >= 4 is 33.0 Å². The van der Waals surface area contributed by atoms with E-state index in [1.54, 1.807) is 0 Å². The van der Waals surface area contributed by atoms with Crippen LogP contribution in [0.25, 0.3) is 0 Å². The molecular weight excluding hydrogens is 491 g/mol. The molecule has 2 N–H and O–H groups in total. The summed E-state index contributed by atoms with van der Waals surface area (Å²) in [6.07, 6.45) is -1.43. The van der Waals surface area contributed by atoms with Gasteiger partial charge in [-0.2, -0.15) is 0 Å². The second-order valence-corrected chi connectivity index (χ2v) is 10.9. The van der Waals surface area contributed by atoms with E-state index >= 15 is 0 Å². The van der Waals surface area contributed by atoms with Crippen molar-refractivity contribution in [3.8, 4) is 11.5 Å². The van der Waals surface area contributed by atoms with Crippen LogP contribution in [0, 0.1) is 0 Å². The third-order valence-electron chi connectivity index (χ3n) is 4.44. The van der Waals surface area contributed by atoms with E-state index < -0.39 is 22.0 Å². The van der Waals surface area contributed by atoms with Crippen molar-refractivity contribution in [2.75, 3.05) is 54.5 Å². The minimum Gasteiger partial charge on any atom is -0.489 e. The Morgan fingerprint density at radius 3 is 1.45 bits per heavy atom. The van der Waals surface area contributed by atoms with E-state index in [4.69, 9.17) is 32.7 Å². The van der Waals surface area contributed by atoms with E-state index in [2.05, 4.69) is 0 Å². The first-order valence-electron chi connectivity index (χ1n) is 10.2. The molecule has 0 saturated heterocycles. The number of ether oxygens (including phenoxy) is 2. The van der Waals surface area contributed by atoms with Gasteiger partial charge in [-0.3, -0.25) is 0 Å². The first kappa shape index (κ1) is 27.7. The number of sulfone groups is 1. The lowest BCUT2D eigenvalue weighted by Crippen LogP contribution is -2.30. The summed E-state index contributed by atoms with van der Waals surface area (Å²) < 4.78 is 37.1. The summed E-state index contributed by atoms with van der Waals surface area (Å²) in [6, 6.07) is 8.24. The van der Waals surface area contributed by atoms with Gasteiger partial charge in [-0.1, -0.05) is 23.2 Å². The Morgan fingerprint density at radius 2 is 1.15 bits per heavy atom. The molecule has 0 heterocycles. The van der Waals surface area contributed by atoms with Crippen LogP contribution in [0.15, 0.2) is 46.2 Å². The van der Waals surface area contributed by atoms with E-state index in [1.165, 1.54) is 36.4 Å². The van der Waals surface area contributed by atoms with Crippen LogP contribution in [0.1, 0.15) is 0 Å². The number of hydrogen-bond donors (Lipinski definition) is 2. The number of likely N-dealkylation sites (N-methyl/N-ethyl adjacent to an activating group) is 2. The fraction of sp³-hybridized carbons (Fsp3) is 0.455. The molecule has 0 spiro atoms. The molecule has 0 radical (unpaired) electrons. The Labute approximate surface area is 205 Å². The third-order valence-corrected chi connectivity index (χ3v) is 6.78. The minimum atomic E-state index is -3.90. The smallest absolute Gasteiger partial charge is 0.206 e. The molecule has 2 rings (SSSR count). The van der Waals surface area contributed by atoms with Crippen molar-refractivity contribution < 1.29 is 28.1 Å². The Bertz CT molecular complexity index is 958. The van der Waals surface area contributed by atoms with Crippen molar-refractivity contribution in [1.82, 2.24) is 9.80 Å². The van der Waals surface area contributed by atoms with Crippen LogP contribution in [0.4, 0.5) is 0 Å². The van der Waals surface area contributed by atoms with Gasteiger partial charge in [0, 0.05) is 13.1 Å². The zero-order valence-electron chi connectivity index (χ0n) is 19.0. The maximum absolute atomic E-state index is 13.0. The first-order chi connectivity index (χ1) is 15.4. The van der Waals surface area contributed by atoms with Gasteiger partial charge in [0.2, 0.25) is 9.84 Å². The molecule has 0 amide bonds. The number of aliphatic hydroxyl groups excluding tert-OH is 2. The first-order valence-corrected chi connectivity index (χ1v) is 12.4. The molecule has 0 aliphatic heterocycles. The molecule has 2 aromatic rings. The number of aliphatic hydroxyl groups is 2. The number of nitrogens with zero attached hydrogens (tertiary/aromatic N) is 2. The van der Waals surface area contributed by atoms with Crippen LogP contribution in [-0.2, 0) is 9.84 Å². The Morgan fingerprint density at radius 1 is 0.788 bits per heavy atom. The molecule has 0 aliphatic carbocycles. The van der Waals surface area contributed by atoms with Crippen LogP contribution in [0.2, 0.25) is 10.0 Å². The van der Waals surface area contributed by atoms with E-state index in [0.717, 1.165) is 0 Å². The molecule has 0 bridgehead atoms. The summed E-state index contributed by atoms with van der Waals surface area (Å²) in [6.45, 7) is 0.868. The zero-order valence-corrected chi connectivity index (χ0v) is 21.4. The Hall–Kier alpha value is -1.59. The largest absolute Gasteiger partial charge is 0.489 e. The lowest BCUT2D eigenvalue weighted by Gasteiger charge is -2.17. The highest BCUT2D eigenvalue weighted by molar-refractivity contribution is 7.91. The normalized spacial score (nSPS) is 13.9. The number of benzene rings is 2. The molecule has 33 heavy (non-hydrogen) atoms. The van der Waals surface area contributed by atoms with E-state index in [1.807, 2.05) is 38.0 Å². The van der Waals surface area contributed by atoms with Gasteiger partial charge in [-0.25, -0.2) is 8.42 Å². The Balaban J connectivity index is 2.12. The van der Waals surface area contributed by atoms with E-state index in [-0.39, 0.29) is 44.5 Å². The van der Waals surface area contributed by atoms with Crippen molar-refractivity contribution in [3.05, 3.63) is 46.4 Å². The zero-order chi connectivity index (χ0) is 24.8. The molecule has 0 aliphatic rings. The van der Waals surface area contributed by atoms with Crippen LogP contribution >= 0.6 is 23.2 Å². The molecule has 8 nitrogen and oxygen atoms in total. The maximum atomic E-state index is 13.0. The second kappa shape index (κ2) is 12.2. The highest BCUT2D eigenvalue weighted by atomic mass is 35.5. The van der Waals surface area contributed by atoms with Crippen molar-refractivity contribution in [3.63, 3.8) is 0 Å². The predicted octanol–water partition coefficient (Wildman–Crippen LogP) is 2.43. The number of hydrogen-bond acceptors (Lipinski definition) is 8. The van der Waals surface area contributed by atoms with E-state index in [0.29, 0.717) is 13.1 Å². The van der Waals surface area contributed by atoms with Crippen molar-refractivity contribution in [2.45, 2.75) is 22.0 Å². The van der Waals surface area contributed by atoms with Gasteiger partial charge >= 0.3 is 0 Å². The number of halogens is 2. The fourth-order valence-electron chi connectivity index (χ4n) is 2.99. The summed E-state index contributed by atoms with van der Waals surface area (Å²) in [5, 5.41) is 20.0. The van der Waals surface area contributed by atoms with Crippen LogP contribution < -0.4 is 9.47 Å². The number of rotatable bonds is 12. The van der Waals surface area contributed by atoms with Crippen LogP contribution in [0.3, 0.4) is 0 Å². The van der Waals surface area contributed by atoms with Crippen molar-refractivity contribution in [2.24, 2.45) is 0 Å². The lowest BCUT2D eigenvalue weighted by atomic mass is 10.3. The molecule has 2 atom stereocenters. The van der Waals surface area contributed by atoms with Gasteiger partial charge in [0.1, 0.15) is 36.9 Å². The second-order valence-electron chi connectivity index (χ2n) is 8.14. The predicted molar refractivity (Wildman–Crippen MR) is 128 cm³/mol. The van der Waals surface area contributed by atoms with Gasteiger partial charge in [0.25, 0.3) is 0 Å². The lowest BCUT2D eigenvalue weighted by molar-refractivity contribution is 0.0830. The van der Waals surface area contributed by atoms with Crippen molar-refractivity contribution in [1.29, 1.82) is 0 Å². The minimum absolute atomic E-state index is 0.0182. The molecule has 0 aromatic heterocycles.